The number of hydrogen-bond donors (Lipinski definition) is 3. The van der Waals surface area contributed by atoms with E-state index in [9.17, 15) is 19.5 Å². The molecule has 4 atom stereocenters. The highest BCUT2D eigenvalue weighted by molar-refractivity contribution is 5.97. The monoisotopic (exact) mass is 558 g/mol. The highest BCUT2D eigenvalue weighted by Gasteiger charge is 2.51. The predicted octanol–water partition coefficient (Wildman–Crippen LogP) is 4.84. The van der Waals surface area contributed by atoms with E-state index in [2.05, 4.69) is 17.6 Å². The van der Waals surface area contributed by atoms with Crippen LogP contribution in [0.3, 0.4) is 0 Å². The SMILES string of the molecule is COCc1cc(F)c(O[C@H]2CC[C@@](C)(C(=O)O)CC2)cc1C(=O)N[C@@H]1[C@H]2CC[C@H](C2)[C@@H]1C(=O)NCC1(C)CCC1. The number of hydrogen-bond acceptors (Lipinski definition) is 5. The average molecular weight is 559 g/mol. The number of amides is 2. The normalized spacial score (nSPS) is 32.2. The first-order valence-corrected chi connectivity index (χ1v) is 14.8. The summed E-state index contributed by atoms with van der Waals surface area (Å²) in [6.45, 7) is 4.66. The number of methoxy groups -OCH3 is 1. The van der Waals surface area contributed by atoms with Gasteiger partial charge in [-0.15, -0.1) is 0 Å². The van der Waals surface area contributed by atoms with Crippen LogP contribution in [-0.4, -0.2) is 48.7 Å². The molecule has 5 rings (SSSR count). The largest absolute Gasteiger partial charge is 0.487 e. The molecule has 3 N–H and O–H groups in total. The Morgan fingerprint density at radius 1 is 1.05 bits per heavy atom. The maximum atomic E-state index is 15.1. The van der Waals surface area contributed by atoms with Gasteiger partial charge in [-0.1, -0.05) is 13.3 Å². The fourth-order valence-corrected chi connectivity index (χ4v) is 7.39. The second kappa shape index (κ2) is 11.3. The summed E-state index contributed by atoms with van der Waals surface area (Å²) < 4.78 is 26.4. The smallest absolute Gasteiger partial charge is 0.309 e. The van der Waals surface area contributed by atoms with Gasteiger partial charge in [-0.2, -0.15) is 0 Å². The zero-order valence-corrected chi connectivity index (χ0v) is 23.9. The van der Waals surface area contributed by atoms with Crippen molar-refractivity contribution in [1.29, 1.82) is 0 Å². The van der Waals surface area contributed by atoms with Gasteiger partial charge in [0.15, 0.2) is 11.6 Å². The molecule has 1 aromatic carbocycles. The lowest BCUT2D eigenvalue weighted by atomic mass is 9.70. The van der Waals surface area contributed by atoms with E-state index in [1.54, 1.807) is 6.92 Å². The van der Waals surface area contributed by atoms with Gasteiger partial charge in [-0.05, 0) is 99.7 Å². The number of ether oxygens (including phenoxy) is 2. The molecule has 0 aliphatic heterocycles. The van der Waals surface area contributed by atoms with E-state index in [0.29, 0.717) is 37.8 Å². The summed E-state index contributed by atoms with van der Waals surface area (Å²) in [6, 6.07) is 2.45. The standard InChI is InChI=1S/C31H43FN2O6/c1-30(9-4-10-30)17-33-28(36)25-18-5-6-19(13-18)26(25)34-27(35)22-15-24(23(32)14-20(22)16-39-3)40-21-7-11-31(2,12-8-21)29(37)38/h14-15,18-19,21,25-26H,4-13,16-17H2,1-3H3,(H,33,36)(H,34,35)(H,37,38)/t18-,19+,21-,25+,26-,31+/m1/s1. The topological polar surface area (TPSA) is 114 Å². The van der Waals surface area contributed by atoms with E-state index >= 15 is 4.39 Å². The molecule has 220 valence electrons. The maximum Gasteiger partial charge on any atom is 0.309 e. The van der Waals surface area contributed by atoms with E-state index in [1.165, 1.54) is 25.7 Å². The molecule has 2 amide bonds. The van der Waals surface area contributed by atoms with Gasteiger partial charge in [0.25, 0.3) is 5.91 Å². The third-order valence-corrected chi connectivity index (χ3v) is 10.3. The van der Waals surface area contributed by atoms with Crippen molar-refractivity contribution in [2.75, 3.05) is 13.7 Å². The van der Waals surface area contributed by atoms with Crippen LogP contribution in [0.2, 0.25) is 0 Å². The summed E-state index contributed by atoms with van der Waals surface area (Å²) >= 11 is 0. The van der Waals surface area contributed by atoms with Crippen molar-refractivity contribution in [2.24, 2.45) is 28.6 Å². The molecule has 4 saturated carbocycles. The molecule has 1 aromatic rings. The fourth-order valence-electron chi connectivity index (χ4n) is 7.39. The predicted molar refractivity (Wildman–Crippen MR) is 146 cm³/mol. The van der Waals surface area contributed by atoms with Gasteiger partial charge >= 0.3 is 5.97 Å². The average Bonchev–Trinajstić information content (AvgIpc) is 3.51. The van der Waals surface area contributed by atoms with Gasteiger partial charge in [0, 0.05) is 25.3 Å². The van der Waals surface area contributed by atoms with E-state index in [1.807, 2.05) is 0 Å². The minimum atomic E-state index is -0.829. The molecule has 0 saturated heterocycles. The number of carboxylic acids is 1. The Bertz CT molecular complexity index is 1140. The van der Waals surface area contributed by atoms with Crippen LogP contribution in [0.5, 0.6) is 5.75 Å². The third kappa shape index (κ3) is 5.71. The Labute approximate surface area is 235 Å². The van der Waals surface area contributed by atoms with Crippen LogP contribution in [0.4, 0.5) is 4.39 Å². The highest BCUT2D eigenvalue weighted by Crippen LogP contribution is 2.49. The molecule has 8 nitrogen and oxygen atoms in total. The molecule has 0 radical (unpaired) electrons. The first kappa shape index (κ1) is 28.8. The number of halogens is 1. The van der Waals surface area contributed by atoms with Gasteiger partial charge in [0.2, 0.25) is 5.91 Å². The molecule has 4 fully saturated rings. The number of carbonyl (C=O) groups is 3. The summed E-state index contributed by atoms with van der Waals surface area (Å²) in [7, 11) is 1.49. The number of benzene rings is 1. The lowest BCUT2D eigenvalue weighted by molar-refractivity contribution is -0.150. The summed E-state index contributed by atoms with van der Waals surface area (Å²) in [6.07, 6.45) is 7.90. The van der Waals surface area contributed by atoms with E-state index in [4.69, 9.17) is 9.47 Å². The lowest BCUT2D eigenvalue weighted by Gasteiger charge is -2.39. The first-order valence-electron chi connectivity index (χ1n) is 14.8. The number of aliphatic carboxylic acids is 1. The van der Waals surface area contributed by atoms with Gasteiger partial charge in [-0.25, -0.2) is 4.39 Å². The quantitative estimate of drug-likeness (QED) is 0.379. The number of rotatable bonds is 10. The Balaban J connectivity index is 1.30. The van der Waals surface area contributed by atoms with Gasteiger partial charge in [0.05, 0.1) is 24.0 Å². The summed E-state index contributed by atoms with van der Waals surface area (Å²) in [5.41, 5.74) is 0.0588. The van der Waals surface area contributed by atoms with Crippen LogP contribution >= 0.6 is 0 Å². The number of carbonyl (C=O) groups excluding carboxylic acids is 2. The van der Waals surface area contributed by atoms with Crippen molar-refractivity contribution in [2.45, 2.75) is 96.8 Å². The van der Waals surface area contributed by atoms with Crippen molar-refractivity contribution in [3.8, 4) is 5.75 Å². The maximum absolute atomic E-state index is 15.1. The minimum Gasteiger partial charge on any atom is -0.487 e. The van der Waals surface area contributed by atoms with Gasteiger partial charge in [-0.3, -0.25) is 14.4 Å². The molecular formula is C31H43FN2O6. The number of nitrogens with one attached hydrogen (secondary N) is 2. The zero-order valence-electron chi connectivity index (χ0n) is 23.9. The van der Waals surface area contributed by atoms with Crippen LogP contribution in [0, 0.1) is 34.4 Å². The Morgan fingerprint density at radius 2 is 1.75 bits per heavy atom. The molecular weight excluding hydrogens is 515 g/mol. The van der Waals surface area contributed by atoms with Crippen molar-refractivity contribution < 1.29 is 33.4 Å². The van der Waals surface area contributed by atoms with Crippen LogP contribution in [0.25, 0.3) is 0 Å². The van der Waals surface area contributed by atoms with E-state index < -0.39 is 17.2 Å². The Morgan fingerprint density at radius 3 is 2.38 bits per heavy atom. The zero-order chi connectivity index (χ0) is 28.7. The van der Waals surface area contributed by atoms with Gasteiger partial charge < -0.3 is 25.2 Å². The van der Waals surface area contributed by atoms with E-state index in [0.717, 1.165) is 32.1 Å². The Kier molecular flexibility index (Phi) is 8.15. The van der Waals surface area contributed by atoms with Crippen LogP contribution in [-0.2, 0) is 20.9 Å². The summed E-state index contributed by atoms with van der Waals surface area (Å²) in [5, 5.41) is 15.8. The van der Waals surface area contributed by atoms with Crippen molar-refractivity contribution >= 4 is 17.8 Å². The molecule has 4 aliphatic carbocycles. The van der Waals surface area contributed by atoms with Crippen LogP contribution < -0.4 is 15.4 Å². The highest BCUT2D eigenvalue weighted by atomic mass is 19.1. The second-order valence-corrected chi connectivity index (χ2v) is 13.3. The Hall–Kier alpha value is -2.68. The molecule has 0 unspecified atom stereocenters. The molecule has 4 aliphatic rings. The van der Waals surface area contributed by atoms with Crippen molar-refractivity contribution in [3.05, 3.63) is 29.1 Å². The molecule has 40 heavy (non-hydrogen) atoms. The molecule has 0 spiro atoms. The summed E-state index contributed by atoms with van der Waals surface area (Å²) in [4.78, 5) is 38.6. The van der Waals surface area contributed by atoms with E-state index in [-0.39, 0.29) is 65.0 Å². The molecule has 0 heterocycles. The minimum absolute atomic E-state index is 0.0232. The van der Waals surface area contributed by atoms with Crippen LogP contribution in [0.15, 0.2) is 12.1 Å². The van der Waals surface area contributed by atoms with Crippen molar-refractivity contribution in [1.82, 2.24) is 10.6 Å². The summed E-state index contributed by atoms with van der Waals surface area (Å²) in [5.74, 6) is -1.53. The van der Waals surface area contributed by atoms with Crippen LogP contribution in [0.1, 0.15) is 94.0 Å². The first-order chi connectivity index (χ1) is 19.0. The third-order valence-electron chi connectivity index (χ3n) is 10.3. The van der Waals surface area contributed by atoms with Gasteiger partial charge in [0.1, 0.15) is 0 Å². The molecule has 9 heteroatoms. The second-order valence-electron chi connectivity index (χ2n) is 13.3. The fraction of sp³-hybridized carbons (Fsp3) is 0.710. The molecule has 0 aromatic heterocycles. The van der Waals surface area contributed by atoms with Crippen molar-refractivity contribution in [3.63, 3.8) is 0 Å². The lowest BCUT2D eigenvalue weighted by Crippen LogP contribution is -2.51. The molecule has 2 bridgehead atoms. The number of carboxylic acid groups (broad SMARTS) is 1. The number of fused-ring (bicyclic) bond motifs is 2.